The number of rotatable bonds is 2. The van der Waals surface area contributed by atoms with Gasteiger partial charge in [0.15, 0.2) is 0 Å². The summed E-state index contributed by atoms with van der Waals surface area (Å²) in [6.45, 7) is 3.40. The minimum atomic E-state index is -0.484. The molecule has 2 fully saturated rings. The molecule has 0 aliphatic carbocycles. The second-order valence-corrected chi connectivity index (χ2v) is 5.69. The Morgan fingerprint density at radius 3 is 2.79 bits per heavy atom. The Morgan fingerprint density at radius 2 is 2.21 bits per heavy atom. The van der Waals surface area contributed by atoms with Gasteiger partial charge in [0, 0.05) is 33.1 Å². The van der Waals surface area contributed by atoms with Crippen molar-refractivity contribution in [2.75, 3.05) is 26.7 Å². The summed E-state index contributed by atoms with van der Waals surface area (Å²) in [6, 6.07) is 0. The molecule has 2 saturated heterocycles. The number of nitrogens with one attached hydrogen (secondary N) is 2. The lowest BCUT2D eigenvalue weighted by molar-refractivity contribution is -0.137. The molecule has 0 spiro atoms. The molecular formula is C13H21N3O3. The SMILES string of the molecule is CNC(=O)C1(C)CCN(C(=O)C2CCC(=O)NC2)C1. The van der Waals surface area contributed by atoms with E-state index in [-0.39, 0.29) is 23.6 Å². The first-order chi connectivity index (χ1) is 8.96. The van der Waals surface area contributed by atoms with Gasteiger partial charge in [-0.1, -0.05) is 0 Å². The van der Waals surface area contributed by atoms with Crippen LogP contribution in [0.4, 0.5) is 0 Å². The van der Waals surface area contributed by atoms with E-state index in [9.17, 15) is 14.4 Å². The van der Waals surface area contributed by atoms with Gasteiger partial charge >= 0.3 is 0 Å². The van der Waals surface area contributed by atoms with Gasteiger partial charge in [0.2, 0.25) is 17.7 Å². The molecule has 2 heterocycles. The van der Waals surface area contributed by atoms with Crippen LogP contribution in [0.1, 0.15) is 26.2 Å². The van der Waals surface area contributed by atoms with Gasteiger partial charge < -0.3 is 15.5 Å². The van der Waals surface area contributed by atoms with Crippen LogP contribution in [0.25, 0.3) is 0 Å². The van der Waals surface area contributed by atoms with Crippen molar-refractivity contribution < 1.29 is 14.4 Å². The van der Waals surface area contributed by atoms with Crippen LogP contribution in [0.5, 0.6) is 0 Å². The monoisotopic (exact) mass is 267 g/mol. The first-order valence-corrected chi connectivity index (χ1v) is 6.74. The highest BCUT2D eigenvalue weighted by molar-refractivity contribution is 5.86. The number of piperidine rings is 1. The second-order valence-electron chi connectivity index (χ2n) is 5.69. The number of likely N-dealkylation sites (tertiary alicyclic amines) is 1. The van der Waals surface area contributed by atoms with Gasteiger partial charge in [-0.25, -0.2) is 0 Å². The summed E-state index contributed by atoms with van der Waals surface area (Å²) in [7, 11) is 1.62. The standard InChI is InChI=1S/C13H21N3O3/c1-13(12(19)14-2)5-6-16(8-13)11(18)9-3-4-10(17)15-7-9/h9H,3-8H2,1-2H3,(H,14,19)(H,15,17). The number of carbonyl (C=O) groups is 3. The molecule has 6 heteroatoms. The maximum absolute atomic E-state index is 12.3. The third-order valence-electron chi connectivity index (χ3n) is 4.17. The van der Waals surface area contributed by atoms with Crippen LogP contribution in [-0.4, -0.2) is 49.3 Å². The van der Waals surface area contributed by atoms with Crippen LogP contribution in [-0.2, 0) is 14.4 Å². The lowest BCUT2D eigenvalue weighted by Crippen LogP contribution is -2.46. The van der Waals surface area contributed by atoms with Gasteiger partial charge in [-0.3, -0.25) is 14.4 Å². The smallest absolute Gasteiger partial charge is 0.227 e. The number of nitrogens with zero attached hydrogens (tertiary/aromatic N) is 1. The van der Waals surface area contributed by atoms with E-state index in [2.05, 4.69) is 10.6 Å². The summed E-state index contributed by atoms with van der Waals surface area (Å²) in [5, 5.41) is 5.38. The fourth-order valence-electron chi connectivity index (χ4n) is 2.84. The van der Waals surface area contributed by atoms with Crippen molar-refractivity contribution in [2.24, 2.45) is 11.3 Å². The van der Waals surface area contributed by atoms with Crippen molar-refractivity contribution in [3.05, 3.63) is 0 Å². The molecule has 19 heavy (non-hydrogen) atoms. The Bertz CT molecular complexity index is 400. The molecule has 6 nitrogen and oxygen atoms in total. The minimum Gasteiger partial charge on any atom is -0.359 e. The van der Waals surface area contributed by atoms with Gasteiger partial charge in [0.25, 0.3) is 0 Å². The Morgan fingerprint density at radius 1 is 1.47 bits per heavy atom. The normalized spacial score (nSPS) is 30.9. The van der Waals surface area contributed by atoms with E-state index in [1.165, 1.54) is 0 Å². The van der Waals surface area contributed by atoms with Crippen molar-refractivity contribution >= 4 is 17.7 Å². The average Bonchev–Trinajstić information content (AvgIpc) is 2.82. The third-order valence-corrected chi connectivity index (χ3v) is 4.17. The van der Waals surface area contributed by atoms with Crippen molar-refractivity contribution in [3.63, 3.8) is 0 Å². The molecule has 3 amide bonds. The quantitative estimate of drug-likeness (QED) is 0.708. The van der Waals surface area contributed by atoms with E-state index in [1.54, 1.807) is 11.9 Å². The lowest BCUT2D eigenvalue weighted by atomic mass is 9.89. The molecule has 2 aliphatic heterocycles. The lowest BCUT2D eigenvalue weighted by Gasteiger charge is -2.28. The molecular weight excluding hydrogens is 246 g/mol. The van der Waals surface area contributed by atoms with Crippen LogP contribution < -0.4 is 10.6 Å². The fourth-order valence-corrected chi connectivity index (χ4v) is 2.84. The molecule has 0 aromatic carbocycles. The topological polar surface area (TPSA) is 78.5 Å². The Hall–Kier alpha value is -1.59. The zero-order valence-electron chi connectivity index (χ0n) is 11.5. The fraction of sp³-hybridized carbons (Fsp3) is 0.769. The van der Waals surface area contributed by atoms with Crippen molar-refractivity contribution in [1.29, 1.82) is 0 Å². The molecule has 0 aromatic heterocycles. The van der Waals surface area contributed by atoms with E-state index in [1.807, 2.05) is 6.92 Å². The molecule has 2 unspecified atom stereocenters. The van der Waals surface area contributed by atoms with E-state index in [0.717, 1.165) is 0 Å². The summed E-state index contributed by atoms with van der Waals surface area (Å²) in [5.74, 6) is -0.0715. The van der Waals surface area contributed by atoms with Crippen molar-refractivity contribution in [2.45, 2.75) is 26.2 Å². The summed E-state index contributed by atoms with van der Waals surface area (Å²) < 4.78 is 0. The first kappa shape index (κ1) is 13.8. The van der Waals surface area contributed by atoms with Crippen LogP contribution in [0.15, 0.2) is 0 Å². The van der Waals surface area contributed by atoms with E-state index < -0.39 is 5.41 Å². The van der Waals surface area contributed by atoms with Crippen molar-refractivity contribution in [3.8, 4) is 0 Å². The second kappa shape index (κ2) is 5.19. The summed E-state index contributed by atoms with van der Waals surface area (Å²) in [4.78, 5) is 37.0. The van der Waals surface area contributed by atoms with Gasteiger partial charge in [0.1, 0.15) is 0 Å². The number of carbonyl (C=O) groups excluding carboxylic acids is 3. The predicted octanol–water partition coefficient (Wildman–Crippen LogP) is -0.503. The van der Waals surface area contributed by atoms with Gasteiger partial charge in [-0.05, 0) is 19.8 Å². The maximum Gasteiger partial charge on any atom is 0.227 e. The van der Waals surface area contributed by atoms with Crippen LogP contribution in [0.3, 0.4) is 0 Å². The zero-order chi connectivity index (χ0) is 14.0. The first-order valence-electron chi connectivity index (χ1n) is 6.74. The molecule has 2 rings (SSSR count). The molecule has 106 valence electrons. The highest BCUT2D eigenvalue weighted by atomic mass is 16.2. The number of hydrogen-bond donors (Lipinski definition) is 2. The molecule has 2 aliphatic rings. The molecule has 0 bridgehead atoms. The maximum atomic E-state index is 12.3. The largest absolute Gasteiger partial charge is 0.359 e. The average molecular weight is 267 g/mol. The molecule has 0 saturated carbocycles. The molecule has 2 N–H and O–H groups in total. The van der Waals surface area contributed by atoms with Gasteiger partial charge in [-0.2, -0.15) is 0 Å². The van der Waals surface area contributed by atoms with Crippen molar-refractivity contribution in [1.82, 2.24) is 15.5 Å². The minimum absolute atomic E-state index is 0.0141. The van der Waals surface area contributed by atoms with E-state index in [0.29, 0.717) is 38.9 Å². The van der Waals surface area contributed by atoms with E-state index >= 15 is 0 Å². The van der Waals surface area contributed by atoms with Crippen LogP contribution >= 0.6 is 0 Å². The molecule has 2 atom stereocenters. The number of hydrogen-bond acceptors (Lipinski definition) is 3. The van der Waals surface area contributed by atoms with Crippen LogP contribution in [0, 0.1) is 11.3 Å². The third kappa shape index (κ3) is 2.72. The highest BCUT2D eigenvalue weighted by Gasteiger charge is 2.43. The Labute approximate surface area is 112 Å². The van der Waals surface area contributed by atoms with Gasteiger partial charge in [0.05, 0.1) is 11.3 Å². The van der Waals surface area contributed by atoms with Crippen LogP contribution in [0.2, 0.25) is 0 Å². The molecule has 0 aromatic rings. The summed E-state index contributed by atoms with van der Waals surface area (Å²) in [5.41, 5.74) is -0.484. The Kier molecular flexibility index (Phi) is 3.78. The summed E-state index contributed by atoms with van der Waals surface area (Å²) in [6.07, 6.45) is 1.71. The Balaban J connectivity index is 1.95. The predicted molar refractivity (Wildman–Crippen MR) is 69.1 cm³/mol. The zero-order valence-corrected chi connectivity index (χ0v) is 11.5. The van der Waals surface area contributed by atoms with E-state index in [4.69, 9.17) is 0 Å². The molecule has 0 radical (unpaired) electrons. The van der Waals surface area contributed by atoms with Gasteiger partial charge in [-0.15, -0.1) is 0 Å². The number of amides is 3. The highest BCUT2D eigenvalue weighted by Crippen LogP contribution is 2.31. The summed E-state index contributed by atoms with van der Waals surface area (Å²) >= 11 is 0.